The molecular formula is C16H22N2OS. The van der Waals surface area contributed by atoms with Crippen molar-refractivity contribution in [3.8, 4) is 11.8 Å². The van der Waals surface area contributed by atoms with Gasteiger partial charge in [-0.3, -0.25) is 4.79 Å². The summed E-state index contributed by atoms with van der Waals surface area (Å²) in [4.78, 5) is 16.4. The highest BCUT2D eigenvalue weighted by Crippen LogP contribution is 2.27. The number of nitrogens with zero attached hydrogens (tertiary/aromatic N) is 1. The first kappa shape index (κ1) is 15.1. The van der Waals surface area contributed by atoms with Gasteiger partial charge in [-0.25, -0.2) is 0 Å². The van der Waals surface area contributed by atoms with Gasteiger partial charge in [0.25, 0.3) is 5.91 Å². The Balaban J connectivity index is 2.17. The number of hydrogen-bond donors (Lipinski definition) is 1. The van der Waals surface area contributed by atoms with E-state index in [1.165, 1.54) is 11.3 Å². The Hall–Kier alpha value is -1.31. The molecule has 0 aromatic carbocycles. The second-order valence-electron chi connectivity index (χ2n) is 5.61. The quantitative estimate of drug-likeness (QED) is 0.808. The molecule has 20 heavy (non-hydrogen) atoms. The van der Waals surface area contributed by atoms with Gasteiger partial charge in [0.15, 0.2) is 0 Å². The Morgan fingerprint density at radius 2 is 2.30 bits per heavy atom. The fourth-order valence-electron chi connectivity index (χ4n) is 2.69. The number of aryl methyl sites for hydroxylation is 1. The number of piperidine rings is 1. The molecule has 1 aromatic rings. The molecule has 1 aromatic heterocycles. The van der Waals surface area contributed by atoms with Crippen LogP contribution in [0.25, 0.3) is 0 Å². The lowest BCUT2D eigenvalue weighted by Gasteiger charge is -2.36. The third kappa shape index (κ3) is 3.23. The maximum Gasteiger partial charge on any atom is 0.264 e. The minimum absolute atomic E-state index is 0.151. The molecule has 1 amide bonds. The molecule has 0 radical (unpaired) electrons. The molecule has 2 unspecified atom stereocenters. The van der Waals surface area contributed by atoms with Crippen molar-refractivity contribution in [2.75, 3.05) is 13.1 Å². The normalized spacial score (nSPS) is 22.3. The molecule has 2 N–H and O–H groups in total. The van der Waals surface area contributed by atoms with Crippen LogP contribution >= 0.6 is 11.3 Å². The van der Waals surface area contributed by atoms with E-state index in [0.29, 0.717) is 18.5 Å². The van der Waals surface area contributed by atoms with Crippen LogP contribution in [0.4, 0.5) is 0 Å². The highest BCUT2D eigenvalue weighted by molar-refractivity contribution is 7.14. The molecule has 4 heteroatoms. The van der Waals surface area contributed by atoms with E-state index in [1.807, 2.05) is 17.9 Å². The monoisotopic (exact) mass is 290 g/mol. The summed E-state index contributed by atoms with van der Waals surface area (Å²) < 4.78 is 0. The van der Waals surface area contributed by atoms with Gasteiger partial charge < -0.3 is 10.6 Å². The summed E-state index contributed by atoms with van der Waals surface area (Å²) in [7, 11) is 0. The highest BCUT2D eigenvalue weighted by Gasteiger charge is 2.28. The first-order valence-electron chi connectivity index (χ1n) is 7.13. The van der Waals surface area contributed by atoms with Gasteiger partial charge in [0.2, 0.25) is 0 Å². The smallest absolute Gasteiger partial charge is 0.264 e. The van der Waals surface area contributed by atoms with Crippen molar-refractivity contribution in [1.82, 2.24) is 4.90 Å². The number of nitrogens with two attached hydrogens (primary N) is 1. The van der Waals surface area contributed by atoms with Gasteiger partial charge in [0, 0.05) is 12.6 Å². The van der Waals surface area contributed by atoms with Crippen LogP contribution in [-0.2, 0) is 0 Å². The molecule has 108 valence electrons. The second-order valence-corrected chi connectivity index (χ2v) is 6.66. The SMILES string of the molecule is Cc1cc(C(=O)N2CCC(C)CC2C)sc1C#CCN. The summed E-state index contributed by atoms with van der Waals surface area (Å²) in [6.45, 7) is 7.61. The minimum Gasteiger partial charge on any atom is -0.335 e. The second kappa shape index (κ2) is 6.43. The van der Waals surface area contributed by atoms with Crippen molar-refractivity contribution < 1.29 is 4.79 Å². The molecule has 1 aliphatic heterocycles. The van der Waals surface area contributed by atoms with Crippen molar-refractivity contribution >= 4 is 17.2 Å². The molecule has 0 spiro atoms. The summed E-state index contributed by atoms with van der Waals surface area (Å²) in [6.07, 6.45) is 2.19. The van der Waals surface area contributed by atoms with Crippen LogP contribution < -0.4 is 5.73 Å². The van der Waals surface area contributed by atoms with E-state index in [9.17, 15) is 4.79 Å². The van der Waals surface area contributed by atoms with Crippen molar-refractivity contribution in [3.63, 3.8) is 0 Å². The average Bonchev–Trinajstić information content (AvgIpc) is 2.77. The maximum atomic E-state index is 12.6. The predicted molar refractivity (Wildman–Crippen MR) is 83.9 cm³/mol. The lowest BCUT2D eigenvalue weighted by molar-refractivity contribution is 0.0593. The third-order valence-electron chi connectivity index (χ3n) is 3.83. The number of hydrogen-bond acceptors (Lipinski definition) is 3. The molecule has 2 atom stereocenters. The molecule has 3 nitrogen and oxygen atoms in total. The lowest BCUT2D eigenvalue weighted by Crippen LogP contribution is -2.43. The fourth-order valence-corrected chi connectivity index (χ4v) is 3.70. The van der Waals surface area contributed by atoms with Crippen LogP contribution in [0.2, 0.25) is 0 Å². The molecule has 0 bridgehead atoms. The molecular weight excluding hydrogens is 268 g/mol. The lowest BCUT2D eigenvalue weighted by atomic mass is 9.93. The van der Waals surface area contributed by atoms with Crippen molar-refractivity contribution in [3.05, 3.63) is 21.4 Å². The van der Waals surface area contributed by atoms with E-state index in [4.69, 9.17) is 5.73 Å². The Morgan fingerprint density at radius 1 is 1.55 bits per heavy atom. The van der Waals surface area contributed by atoms with Gasteiger partial charge in [0.05, 0.1) is 16.3 Å². The minimum atomic E-state index is 0.151. The molecule has 2 rings (SSSR count). The Labute approximate surface area is 125 Å². The standard InChI is InChI=1S/C16H22N2OS/c1-11-6-8-18(13(3)9-11)16(19)15-10-12(2)14(20-15)5-4-7-17/h10-11,13H,6-9,17H2,1-3H3. The zero-order chi connectivity index (χ0) is 14.7. The van der Waals surface area contributed by atoms with E-state index in [2.05, 4.69) is 25.7 Å². The third-order valence-corrected chi connectivity index (χ3v) is 4.97. The molecule has 0 saturated carbocycles. The number of rotatable bonds is 1. The Bertz CT molecular complexity index is 553. The van der Waals surface area contributed by atoms with E-state index in [0.717, 1.165) is 34.7 Å². The predicted octanol–water partition coefficient (Wildman–Crippen LogP) is 2.63. The average molecular weight is 290 g/mol. The zero-order valence-electron chi connectivity index (χ0n) is 12.4. The van der Waals surface area contributed by atoms with Crippen LogP contribution in [-0.4, -0.2) is 29.9 Å². The van der Waals surface area contributed by atoms with Crippen LogP contribution in [0.1, 0.15) is 46.8 Å². The van der Waals surface area contributed by atoms with Crippen molar-refractivity contribution in [2.24, 2.45) is 11.7 Å². The van der Waals surface area contributed by atoms with Gasteiger partial charge in [-0.2, -0.15) is 0 Å². The summed E-state index contributed by atoms with van der Waals surface area (Å²) in [6, 6.07) is 2.28. The summed E-state index contributed by atoms with van der Waals surface area (Å²) >= 11 is 1.48. The van der Waals surface area contributed by atoms with E-state index in [1.54, 1.807) is 0 Å². The van der Waals surface area contributed by atoms with Crippen LogP contribution in [0, 0.1) is 24.7 Å². The van der Waals surface area contributed by atoms with E-state index < -0.39 is 0 Å². The molecule has 0 aliphatic carbocycles. The number of carbonyl (C=O) groups excluding carboxylic acids is 1. The number of carbonyl (C=O) groups is 1. The maximum absolute atomic E-state index is 12.6. The van der Waals surface area contributed by atoms with Gasteiger partial charge in [-0.1, -0.05) is 18.8 Å². The van der Waals surface area contributed by atoms with Gasteiger partial charge in [-0.15, -0.1) is 11.3 Å². The van der Waals surface area contributed by atoms with Gasteiger partial charge in [-0.05, 0) is 44.2 Å². The molecule has 1 saturated heterocycles. The Morgan fingerprint density at radius 3 is 2.95 bits per heavy atom. The number of thiophene rings is 1. The first-order valence-corrected chi connectivity index (χ1v) is 7.95. The molecule has 2 heterocycles. The van der Waals surface area contributed by atoms with E-state index in [-0.39, 0.29) is 5.91 Å². The summed E-state index contributed by atoms with van der Waals surface area (Å²) in [5, 5.41) is 0. The van der Waals surface area contributed by atoms with Gasteiger partial charge in [0.1, 0.15) is 0 Å². The zero-order valence-corrected chi connectivity index (χ0v) is 13.2. The van der Waals surface area contributed by atoms with E-state index >= 15 is 0 Å². The number of likely N-dealkylation sites (tertiary alicyclic amines) is 1. The molecule has 1 fully saturated rings. The summed E-state index contributed by atoms with van der Waals surface area (Å²) in [5.74, 6) is 6.76. The highest BCUT2D eigenvalue weighted by atomic mass is 32.1. The molecule has 1 aliphatic rings. The van der Waals surface area contributed by atoms with Crippen LogP contribution in [0.3, 0.4) is 0 Å². The van der Waals surface area contributed by atoms with Crippen LogP contribution in [0.15, 0.2) is 6.07 Å². The number of amides is 1. The van der Waals surface area contributed by atoms with Crippen molar-refractivity contribution in [2.45, 2.75) is 39.7 Å². The topological polar surface area (TPSA) is 46.3 Å². The van der Waals surface area contributed by atoms with Gasteiger partial charge >= 0.3 is 0 Å². The van der Waals surface area contributed by atoms with Crippen molar-refractivity contribution in [1.29, 1.82) is 0 Å². The summed E-state index contributed by atoms with van der Waals surface area (Å²) in [5.41, 5.74) is 6.46. The first-order chi connectivity index (χ1) is 9.52. The largest absolute Gasteiger partial charge is 0.335 e. The fraction of sp³-hybridized carbons (Fsp3) is 0.562. The van der Waals surface area contributed by atoms with Crippen LogP contribution in [0.5, 0.6) is 0 Å². The Kier molecular flexibility index (Phi) is 4.85.